The largest absolute Gasteiger partial charge is 0.310 e. The highest BCUT2D eigenvalue weighted by molar-refractivity contribution is 7.00. The zero-order valence-corrected chi connectivity index (χ0v) is 45.9. The average Bonchev–Trinajstić information content (AvgIpc) is 3.55. The van der Waals surface area contributed by atoms with E-state index in [2.05, 4.69) is 306 Å². The average molecular weight is 1020 g/mol. The highest BCUT2D eigenvalue weighted by Crippen LogP contribution is 2.53. The summed E-state index contributed by atoms with van der Waals surface area (Å²) in [6.07, 6.45) is 0. The van der Waals surface area contributed by atoms with Crippen molar-refractivity contribution >= 4 is 68.8 Å². The molecule has 78 heavy (non-hydrogen) atoms. The predicted molar refractivity (Wildman–Crippen MR) is 335 cm³/mol. The van der Waals surface area contributed by atoms with E-state index in [0.717, 1.165) is 78.6 Å². The van der Waals surface area contributed by atoms with E-state index in [9.17, 15) is 0 Å². The molecule has 11 aromatic rings. The minimum atomic E-state index is -0.200. The van der Waals surface area contributed by atoms with Gasteiger partial charge in [-0.05, 0) is 107 Å². The first kappa shape index (κ1) is 49.0. The predicted octanol–water partition coefficient (Wildman–Crippen LogP) is 19.0. The van der Waals surface area contributed by atoms with Gasteiger partial charge in [-0.1, -0.05) is 284 Å². The van der Waals surface area contributed by atoms with Crippen LogP contribution in [-0.2, 0) is 10.8 Å². The van der Waals surface area contributed by atoms with E-state index < -0.39 is 0 Å². The Morgan fingerprint density at radius 3 is 0.936 bits per heavy atom. The maximum atomic E-state index is 7.78. The highest BCUT2D eigenvalue weighted by atomic mass is 35.5. The smallest absolute Gasteiger partial charge is 0.252 e. The second kappa shape index (κ2) is 19.4. The van der Waals surface area contributed by atoms with Crippen LogP contribution in [0.4, 0.5) is 34.1 Å². The van der Waals surface area contributed by atoms with Crippen LogP contribution in [0.3, 0.4) is 0 Å². The second-order valence-corrected chi connectivity index (χ2v) is 23.5. The molecule has 0 unspecified atom stereocenters. The Bertz CT molecular complexity index is 3690. The quantitative estimate of drug-likeness (QED) is 0.140. The van der Waals surface area contributed by atoms with E-state index in [1.54, 1.807) is 0 Å². The standard InChI is InChI=1S/C74H60BClN2/c1-73(2,3)57-33-19-31-53(43-57)55-39-41-66-64(45-55)75-65-46-56(54-32-20-34-58(44-54)74(4,5)6)40-42-67(65)78(72-62(51-27-15-9-16-28-51)37-22-38-63(72)52-29-17-10-18-30-52)69-48-59(76)47-68(70(69)75)77(66)71-60(49-23-11-7-12-24-49)35-21-36-61(71)50-25-13-8-14-26-50/h7-48H,1-6H3. The molecule has 0 saturated heterocycles. The summed E-state index contributed by atoms with van der Waals surface area (Å²) < 4.78 is 0. The number of benzene rings is 11. The highest BCUT2D eigenvalue weighted by Gasteiger charge is 2.45. The fourth-order valence-corrected chi connectivity index (χ4v) is 12.3. The van der Waals surface area contributed by atoms with Crippen molar-refractivity contribution in [2.45, 2.75) is 52.4 Å². The van der Waals surface area contributed by atoms with E-state index in [-0.39, 0.29) is 17.5 Å². The molecule has 2 heterocycles. The van der Waals surface area contributed by atoms with Crippen LogP contribution in [0.15, 0.2) is 255 Å². The molecule has 2 nitrogen and oxygen atoms in total. The Balaban J connectivity index is 1.18. The SMILES string of the molecule is CC(C)(C)c1cccc(-c2ccc3c(c2)B2c4cc(-c5cccc(C(C)(C)C)c5)ccc4N(c4c(-c5ccccc5)cccc4-c4ccccc4)c4cc(Cl)cc(c42)N3c2c(-c3ccccc3)cccc2-c2ccccc2)c1. The maximum absolute atomic E-state index is 7.78. The van der Waals surface area contributed by atoms with Gasteiger partial charge in [0.15, 0.2) is 0 Å². The molecule has 11 aromatic carbocycles. The van der Waals surface area contributed by atoms with Gasteiger partial charge in [0.2, 0.25) is 0 Å². The summed E-state index contributed by atoms with van der Waals surface area (Å²) >= 11 is 7.78. The third-order valence-electron chi connectivity index (χ3n) is 16.0. The topological polar surface area (TPSA) is 6.48 Å². The van der Waals surface area contributed by atoms with Gasteiger partial charge in [0, 0.05) is 50.0 Å². The molecule has 4 heteroatoms. The third-order valence-corrected chi connectivity index (χ3v) is 16.2. The van der Waals surface area contributed by atoms with Gasteiger partial charge in [0.25, 0.3) is 6.71 Å². The van der Waals surface area contributed by atoms with Crippen LogP contribution < -0.4 is 26.2 Å². The Labute approximate surface area is 466 Å². The number of hydrogen-bond donors (Lipinski definition) is 0. The number of para-hydroxylation sites is 2. The molecule has 0 aliphatic carbocycles. The lowest BCUT2D eigenvalue weighted by Crippen LogP contribution is -2.61. The van der Waals surface area contributed by atoms with E-state index in [1.165, 1.54) is 49.8 Å². The first-order chi connectivity index (χ1) is 37.9. The summed E-state index contributed by atoms with van der Waals surface area (Å²) in [6.45, 7) is 13.6. The fraction of sp³-hybridized carbons (Fsp3) is 0.108. The number of anilines is 6. The van der Waals surface area contributed by atoms with Gasteiger partial charge in [0.05, 0.1) is 11.4 Å². The van der Waals surface area contributed by atoms with Gasteiger partial charge >= 0.3 is 0 Å². The zero-order valence-electron chi connectivity index (χ0n) is 45.1. The number of nitrogens with zero attached hydrogens (tertiary/aromatic N) is 2. The van der Waals surface area contributed by atoms with Gasteiger partial charge in [-0.15, -0.1) is 0 Å². The van der Waals surface area contributed by atoms with Gasteiger partial charge in [-0.3, -0.25) is 0 Å². The van der Waals surface area contributed by atoms with Crippen LogP contribution in [0.1, 0.15) is 52.7 Å². The lowest BCUT2D eigenvalue weighted by molar-refractivity contribution is 0.590. The number of fused-ring (bicyclic) bond motifs is 4. The number of halogens is 1. The number of rotatable bonds is 8. The summed E-state index contributed by atoms with van der Waals surface area (Å²) in [5, 5.41) is 0.660. The first-order valence-corrected chi connectivity index (χ1v) is 27.7. The van der Waals surface area contributed by atoms with Crippen molar-refractivity contribution in [3.8, 4) is 66.8 Å². The minimum absolute atomic E-state index is 0.0236. The third kappa shape index (κ3) is 8.64. The van der Waals surface area contributed by atoms with Crippen LogP contribution >= 0.6 is 11.6 Å². The summed E-state index contributed by atoms with van der Waals surface area (Å²) in [5.74, 6) is 0. The zero-order chi connectivity index (χ0) is 53.3. The van der Waals surface area contributed by atoms with Crippen molar-refractivity contribution in [2.24, 2.45) is 0 Å². The van der Waals surface area contributed by atoms with Gasteiger partial charge in [-0.2, -0.15) is 0 Å². The molecular formula is C74H60BClN2. The second-order valence-electron chi connectivity index (χ2n) is 23.0. The summed E-state index contributed by atoms with van der Waals surface area (Å²) in [4.78, 5) is 5.11. The molecule has 0 bridgehead atoms. The monoisotopic (exact) mass is 1020 g/mol. The van der Waals surface area contributed by atoms with Gasteiger partial charge in [0.1, 0.15) is 0 Å². The molecule has 0 N–H and O–H groups in total. The van der Waals surface area contributed by atoms with Crippen molar-refractivity contribution in [1.82, 2.24) is 0 Å². The molecule has 0 fully saturated rings. The molecular weight excluding hydrogens is 963 g/mol. The van der Waals surface area contributed by atoms with E-state index in [4.69, 9.17) is 11.6 Å². The molecule has 0 spiro atoms. The Hall–Kier alpha value is -8.63. The maximum Gasteiger partial charge on any atom is 0.252 e. The minimum Gasteiger partial charge on any atom is -0.310 e. The first-order valence-electron chi connectivity index (χ1n) is 27.3. The van der Waals surface area contributed by atoms with Crippen molar-refractivity contribution in [3.63, 3.8) is 0 Å². The lowest BCUT2D eigenvalue weighted by atomic mass is 9.33. The Morgan fingerprint density at radius 2 is 0.603 bits per heavy atom. The molecule has 2 aliphatic heterocycles. The number of hydrogen-bond acceptors (Lipinski definition) is 2. The van der Waals surface area contributed by atoms with Crippen molar-refractivity contribution in [1.29, 1.82) is 0 Å². The van der Waals surface area contributed by atoms with E-state index in [0.29, 0.717) is 5.02 Å². The molecule has 0 aromatic heterocycles. The van der Waals surface area contributed by atoms with Crippen LogP contribution in [0, 0.1) is 0 Å². The van der Waals surface area contributed by atoms with Crippen molar-refractivity contribution < 1.29 is 0 Å². The van der Waals surface area contributed by atoms with Gasteiger partial charge < -0.3 is 9.80 Å². The van der Waals surface area contributed by atoms with Crippen LogP contribution in [0.25, 0.3) is 66.8 Å². The van der Waals surface area contributed by atoms with Crippen LogP contribution in [-0.4, -0.2) is 6.71 Å². The van der Waals surface area contributed by atoms with E-state index in [1.807, 2.05) is 0 Å². The summed E-state index contributed by atoms with van der Waals surface area (Å²) in [5.41, 5.74) is 26.6. The van der Waals surface area contributed by atoms with E-state index >= 15 is 0 Å². The van der Waals surface area contributed by atoms with Crippen LogP contribution in [0.2, 0.25) is 5.02 Å². The van der Waals surface area contributed by atoms with Gasteiger partial charge in [-0.25, -0.2) is 0 Å². The van der Waals surface area contributed by atoms with Crippen molar-refractivity contribution in [3.05, 3.63) is 271 Å². The molecule has 0 amide bonds. The normalized spacial score (nSPS) is 12.7. The molecule has 13 rings (SSSR count). The molecule has 0 atom stereocenters. The summed E-state index contributed by atoms with van der Waals surface area (Å²) in [7, 11) is 0. The Morgan fingerprint density at radius 1 is 0.295 bits per heavy atom. The van der Waals surface area contributed by atoms with Crippen molar-refractivity contribution in [2.75, 3.05) is 9.80 Å². The fourth-order valence-electron chi connectivity index (χ4n) is 12.1. The Kier molecular flexibility index (Phi) is 12.2. The lowest BCUT2D eigenvalue weighted by Gasteiger charge is -2.46. The molecule has 376 valence electrons. The summed E-state index contributed by atoms with van der Waals surface area (Å²) in [6, 6.07) is 94.2. The molecule has 0 radical (unpaired) electrons. The van der Waals surface area contributed by atoms with Crippen LogP contribution in [0.5, 0.6) is 0 Å². The molecule has 2 aliphatic rings. The molecule has 0 saturated carbocycles.